The van der Waals surface area contributed by atoms with E-state index in [2.05, 4.69) is 83.1 Å². The van der Waals surface area contributed by atoms with Crippen LogP contribution in [0.15, 0.2) is 36.4 Å². The first kappa shape index (κ1) is 30.4. The lowest BCUT2D eigenvalue weighted by Crippen LogP contribution is -2.52. The van der Waals surface area contributed by atoms with Crippen molar-refractivity contribution in [2.24, 2.45) is 0 Å². The number of fused-ring (bicyclic) bond motifs is 2. The van der Waals surface area contributed by atoms with Crippen molar-refractivity contribution < 1.29 is 18.4 Å². The molecular weight excluding hydrogens is 505 g/mol. The van der Waals surface area contributed by atoms with Crippen molar-refractivity contribution in [3.05, 3.63) is 58.7 Å². The first-order valence-electron chi connectivity index (χ1n) is 14.4. The molecular formula is C32H48O4Si2. The summed E-state index contributed by atoms with van der Waals surface area (Å²) in [6.45, 7) is 26.9. The third-order valence-electron chi connectivity index (χ3n) is 8.99. The summed E-state index contributed by atoms with van der Waals surface area (Å²) in [7, 11) is -4.86. The van der Waals surface area contributed by atoms with Crippen LogP contribution in [-0.4, -0.2) is 28.2 Å². The molecule has 3 rings (SSSR count). The fraction of sp³-hybridized carbons (Fsp3) is 0.562. The molecule has 6 heteroatoms. The first-order valence-corrected chi connectivity index (χ1v) is 18.7. The third-order valence-corrected chi connectivity index (χ3v) is 20.9. The van der Waals surface area contributed by atoms with Gasteiger partial charge in [0.15, 0.2) is 17.3 Å². The molecule has 4 nitrogen and oxygen atoms in total. The summed E-state index contributed by atoms with van der Waals surface area (Å²) in [4.78, 5) is 27.8. The molecule has 1 aliphatic rings. The molecule has 0 N–H and O–H groups in total. The summed E-state index contributed by atoms with van der Waals surface area (Å²) < 4.78 is 14.5. The van der Waals surface area contributed by atoms with Gasteiger partial charge in [-0.15, -0.1) is 0 Å². The van der Waals surface area contributed by atoms with E-state index in [4.69, 9.17) is 8.85 Å². The van der Waals surface area contributed by atoms with E-state index in [1.807, 2.05) is 18.2 Å². The lowest BCUT2D eigenvalue weighted by molar-refractivity contribution is 0.0977. The van der Waals surface area contributed by atoms with Crippen molar-refractivity contribution in [1.29, 1.82) is 0 Å². The Balaban J connectivity index is 2.40. The fourth-order valence-corrected chi connectivity index (χ4v) is 17.9. The maximum absolute atomic E-state index is 14.1. The van der Waals surface area contributed by atoms with Gasteiger partial charge in [0.1, 0.15) is 5.75 Å². The van der Waals surface area contributed by atoms with E-state index >= 15 is 0 Å². The maximum atomic E-state index is 14.1. The number of rotatable bonds is 10. The van der Waals surface area contributed by atoms with Crippen LogP contribution in [0, 0.1) is 0 Å². The highest BCUT2D eigenvalue weighted by Crippen LogP contribution is 2.51. The van der Waals surface area contributed by atoms with Crippen LogP contribution in [0.2, 0.25) is 33.2 Å². The number of carbonyl (C=O) groups excluding carboxylic acids is 2. The Hall–Kier alpha value is -2.19. The van der Waals surface area contributed by atoms with Crippen molar-refractivity contribution in [2.75, 3.05) is 0 Å². The topological polar surface area (TPSA) is 52.6 Å². The van der Waals surface area contributed by atoms with Crippen molar-refractivity contribution in [3.8, 4) is 11.5 Å². The van der Waals surface area contributed by atoms with Gasteiger partial charge in [-0.2, -0.15) is 0 Å². The monoisotopic (exact) mass is 552 g/mol. The zero-order valence-corrected chi connectivity index (χ0v) is 27.6. The summed E-state index contributed by atoms with van der Waals surface area (Å²) in [5.41, 5.74) is 3.66. The number of hydrogen-bond donors (Lipinski definition) is 0. The first-order chi connectivity index (χ1) is 17.6. The predicted octanol–water partition coefficient (Wildman–Crippen LogP) is 9.57. The van der Waals surface area contributed by atoms with Crippen LogP contribution in [0.4, 0.5) is 0 Å². The van der Waals surface area contributed by atoms with Crippen LogP contribution in [0.5, 0.6) is 11.5 Å². The molecule has 0 saturated carbocycles. The Morgan fingerprint density at radius 2 is 0.895 bits per heavy atom. The Morgan fingerprint density at radius 3 is 1.32 bits per heavy atom. The molecule has 1 aliphatic carbocycles. The van der Waals surface area contributed by atoms with Crippen molar-refractivity contribution in [2.45, 2.75) is 116 Å². The smallest absolute Gasteiger partial charge is 0.258 e. The third kappa shape index (κ3) is 4.72. The average molecular weight is 553 g/mol. The van der Waals surface area contributed by atoms with E-state index in [1.165, 1.54) is 0 Å². The van der Waals surface area contributed by atoms with Gasteiger partial charge in [-0.25, -0.2) is 0 Å². The molecule has 38 heavy (non-hydrogen) atoms. The molecule has 208 valence electrons. The molecule has 0 fully saturated rings. The molecule has 0 spiro atoms. The van der Waals surface area contributed by atoms with Gasteiger partial charge in [-0.05, 0) is 45.4 Å². The normalized spacial score (nSPS) is 14.3. The molecule has 0 amide bonds. The molecule has 0 bridgehead atoms. The summed E-state index contributed by atoms with van der Waals surface area (Å²) in [5.74, 6) is 0.848. The minimum atomic E-state index is -2.49. The maximum Gasteiger partial charge on any atom is 0.258 e. The highest BCUT2D eigenvalue weighted by Gasteiger charge is 2.51. The minimum Gasteiger partial charge on any atom is -0.540 e. The largest absolute Gasteiger partial charge is 0.540 e. The predicted molar refractivity (Wildman–Crippen MR) is 163 cm³/mol. The van der Waals surface area contributed by atoms with Crippen LogP contribution in [0.1, 0.15) is 115 Å². The van der Waals surface area contributed by atoms with Crippen LogP contribution >= 0.6 is 0 Å². The van der Waals surface area contributed by atoms with E-state index in [1.54, 1.807) is 18.2 Å². The van der Waals surface area contributed by atoms with Gasteiger partial charge in [0, 0.05) is 16.7 Å². The standard InChI is InChI=1S/C32H48O4Si2/c1-19(2)37(20(3)4,21(5)6)35-28-18-17-27-29(31(34)26-16-14-13-15-25(26)30(27)33)32(28)36-38(22(7)8,23(9)10)24(11)12/h13-24H,1-12H3. The van der Waals surface area contributed by atoms with Gasteiger partial charge in [-0.3, -0.25) is 9.59 Å². The van der Waals surface area contributed by atoms with Crippen LogP contribution in [0.25, 0.3) is 0 Å². The summed E-state index contributed by atoms with van der Waals surface area (Å²) in [5, 5.41) is 0. The minimum absolute atomic E-state index is 0.127. The van der Waals surface area contributed by atoms with E-state index < -0.39 is 16.6 Å². The second-order valence-corrected chi connectivity index (χ2v) is 23.6. The molecule has 0 saturated heterocycles. The number of ketones is 2. The van der Waals surface area contributed by atoms with E-state index in [-0.39, 0.29) is 11.6 Å². The molecule has 0 aromatic heterocycles. The Kier molecular flexibility index (Phi) is 8.89. The van der Waals surface area contributed by atoms with Gasteiger partial charge in [-0.1, -0.05) is 107 Å². The van der Waals surface area contributed by atoms with Crippen LogP contribution in [-0.2, 0) is 0 Å². The van der Waals surface area contributed by atoms with Crippen molar-refractivity contribution in [1.82, 2.24) is 0 Å². The highest BCUT2D eigenvalue weighted by molar-refractivity contribution is 6.79. The Labute approximate surface area is 232 Å². The SMILES string of the molecule is CC(C)[Si](Oc1ccc2c(c1O[Si](C(C)C)(C(C)C)C(C)C)C(=O)c1ccccc1C2=O)(C(C)C)C(C)C. The molecule has 2 aromatic carbocycles. The summed E-state index contributed by atoms with van der Waals surface area (Å²) >= 11 is 0. The second-order valence-electron chi connectivity index (χ2n) is 12.9. The van der Waals surface area contributed by atoms with Gasteiger partial charge < -0.3 is 8.85 Å². The summed E-state index contributed by atoms with van der Waals surface area (Å²) in [6.07, 6.45) is 0. The zero-order valence-electron chi connectivity index (χ0n) is 25.6. The number of carbonyl (C=O) groups is 2. The van der Waals surface area contributed by atoms with E-state index in [9.17, 15) is 9.59 Å². The Morgan fingerprint density at radius 1 is 0.500 bits per heavy atom. The molecule has 0 heterocycles. The molecule has 2 aromatic rings. The van der Waals surface area contributed by atoms with Crippen molar-refractivity contribution >= 4 is 28.2 Å². The highest BCUT2D eigenvalue weighted by atomic mass is 28.4. The van der Waals surface area contributed by atoms with E-state index in [0.717, 1.165) is 0 Å². The second kappa shape index (κ2) is 11.1. The quantitative estimate of drug-likeness (QED) is 0.235. The van der Waals surface area contributed by atoms with Crippen LogP contribution in [0.3, 0.4) is 0 Å². The lowest BCUT2D eigenvalue weighted by atomic mass is 9.83. The Bertz CT molecular complexity index is 1150. The number of benzene rings is 2. The lowest BCUT2D eigenvalue weighted by Gasteiger charge is -2.45. The molecule has 0 radical (unpaired) electrons. The van der Waals surface area contributed by atoms with Gasteiger partial charge in [0.05, 0.1) is 5.56 Å². The van der Waals surface area contributed by atoms with Crippen LogP contribution < -0.4 is 8.85 Å². The van der Waals surface area contributed by atoms with Crippen molar-refractivity contribution in [3.63, 3.8) is 0 Å². The summed E-state index contributed by atoms with van der Waals surface area (Å²) in [6, 6.07) is 10.8. The molecule has 0 unspecified atom stereocenters. The van der Waals surface area contributed by atoms with Gasteiger partial charge in [0.2, 0.25) is 0 Å². The molecule has 0 atom stereocenters. The fourth-order valence-electron chi connectivity index (χ4n) is 7.39. The van der Waals surface area contributed by atoms with E-state index in [0.29, 0.717) is 67.0 Å². The molecule has 0 aliphatic heterocycles. The average Bonchev–Trinajstić information content (AvgIpc) is 2.82. The van der Waals surface area contributed by atoms with Gasteiger partial charge >= 0.3 is 0 Å². The van der Waals surface area contributed by atoms with Gasteiger partial charge in [0.25, 0.3) is 16.6 Å². The number of hydrogen-bond acceptors (Lipinski definition) is 4. The zero-order chi connectivity index (χ0) is 28.7.